The van der Waals surface area contributed by atoms with Gasteiger partial charge in [-0.1, -0.05) is 33.6 Å². The predicted molar refractivity (Wildman–Crippen MR) is 80.7 cm³/mol. The summed E-state index contributed by atoms with van der Waals surface area (Å²) in [7, 11) is 0. The number of hydrogen-bond donors (Lipinski definition) is 1. The van der Waals surface area contributed by atoms with Crippen molar-refractivity contribution in [1.82, 2.24) is 15.1 Å². The zero-order valence-corrected chi connectivity index (χ0v) is 13.6. The van der Waals surface area contributed by atoms with Crippen LogP contribution in [0.2, 0.25) is 0 Å². The lowest BCUT2D eigenvalue weighted by Gasteiger charge is -2.27. The van der Waals surface area contributed by atoms with E-state index in [4.69, 9.17) is 0 Å². The quantitative estimate of drug-likeness (QED) is 0.781. The second kappa shape index (κ2) is 7.95. The second-order valence-electron chi connectivity index (χ2n) is 4.70. The van der Waals surface area contributed by atoms with E-state index in [1.165, 1.54) is 18.5 Å². The van der Waals surface area contributed by atoms with Crippen molar-refractivity contribution in [3.8, 4) is 0 Å². The van der Waals surface area contributed by atoms with Gasteiger partial charge in [0, 0.05) is 6.54 Å². The molecule has 1 heterocycles. The van der Waals surface area contributed by atoms with Gasteiger partial charge in [-0.2, -0.15) is 5.10 Å². The third kappa shape index (κ3) is 3.58. The number of halogens is 1. The maximum atomic E-state index is 4.44. The van der Waals surface area contributed by atoms with Crippen molar-refractivity contribution < 1.29 is 0 Å². The first kappa shape index (κ1) is 15.7. The summed E-state index contributed by atoms with van der Waals surface area (Å²) in [6, 6.07) is 0.400. The maximum absolute atomic E-state index is 4.44. The number of nitrogens with one attached hydrogen (secondary N) is 1. The van der Waals surface area contributed by atoms with Gasteiger partial charge in [0.2, 0.25) is 0 Å². The van der Waals surface area contributed by atoms with Crippen LogP contribution in [0.3, 0.4) is 0 Å². The summed E-state index contributed by atoms with van der Waals surface area (Å²) in [4.78, 5) is 0. The molecule has 1 rings (SSSR count). The molecule has 18 heavy (non-hydrogen) atoms. The van der Waals surface area contributed by atoms with Crippen molar-refractivity contribution >= 4 is 15.9 Å². The number of aryl methyl sites for hydroxylation is 1. The van der Waals surface area contributed by atoms with Crippen molar-refractivity contribution in [3.63, 3.8) is 0 Å². The molecule has 3 nitrogen and oxygen atoms in total. The van der Waals surface area contributed by atoms with Crippen molar-refractivity contribution in [1.29, 1.82) is 0 Å². The van der Waals surface area contributed by atoms with Crippen LogP contribution in [0.1, 0.15) is 58.7 Å². The van der Waals surface area contributed by atoms with Gasteiger partial charge in [-0.25, -0.2) is 0 Å². The van der Waals surface area contributed by atoms with E-state index in [0.717, 1.165) is 24.0 Å². The van der Waals surface area contributed by atoms with E-state index >= 15 is 0 Å². The smallest absolute Gasteiger partial charge is 0.0698 e. The Bertz CT molecular complexity index is 345. The van der Waals surface area contributed by atoms with Crippen LogP contribution >= 0.6 is 15.9 Å². The molecule has 0 aliphatic rings. The molecule has 1 aromatic rings. The third-order valence-electron chi connectivity index (χ3n) is 3.56. The molecule has 1 N–H and O–H groups in total. The van der Waals surface area contributed by atoms with Crippen molar-refractivity contribution in [2.24, 2.45) is 5.92 Å². The van der Waals surface area contributed by atoms with Gasteiger partial charge in [-0.15, -0.1) is 0 Å². The topological polar surface area (TPSA) is 29.9 Å². The zero-order valence-electron chi connectivity index (χ0n) is 12.0. The molecule has 1 atom stereocenters. The monoisotopic (exact) mass is 315 g/mol. The average molecular weight is 316 g/mol. The van der Waals surface area contributed by atoms with Crippen LogP contribution in [0.15, 0.2) is 10.7 Å². The molecule has 1 unspecified atom stereocenters. The lowest BCUT2D eigenvalue weighted by Crippen LogP contribution is -2.31. The normalized spacial score (nSPS) is 13.2. The Morgan fingerprint density at radius 2 is 1.94 bits per heavy atom. The average Bonchev–Trinajstić information content (AvgIpc) is 2.75. The van der Waals surface area contributed by atoms with Crippen molar-refractivity contribution in [2.45, 2.75) is 59.5 Å². The highest BCUT2D eigenvalue weighted by molar-refractivity contribution is 9.10. The molecule has 0 amide bonds. The zero-order chi connectivity index (χ0) is 13.5. The van der Waals surface area contributed by atoms with Gasteiger partial charge in [-0.3, -0.25) is 4.68 Å². The molecule has 0 spiro atoms. The largest absolute Gasteiger partial charge is 0.308 e. The number of aromatic nitrogens is 2. The standard InChI is InChI=1S/C14H26BrN3/c1-5-9-16-13(11(6-2)7-3)14-12(15)10-17-18(14)8-4/h10-11,13,16H,5-9H2,1-4H3. The molecule has 0 aromatic carbocycles. The van der Waals surface area contributed by atoms with E-state index in [0.29, 0.717) is 12.0 Å². The summed E-state index contributed by atoms with van der Waals surface area (Å²) < 4.78 is 3.24. The molecule has 1 aromatic heterocycles. The Labute approximate surface area is 119 Å². The summed E-state index contributed by atoms with van der Waals surface area (Å²) in [6.07, 6.45) is 5.47. The van der Waals surface area contributed by atoms with Crippen LogP contribution < -0.4 is 5.32 Å². The molecular weight excluding hydrogens is 290 g/mol. The van der Waals surface area contributed by atoms with Gasteiger partial charge in [0.1, 0.15) is 0 Å². The summed E-state index contributed by atoms with van der Waals surface area (Å²) in [5.74, 6) is 0.662. The summed E-state index contributed by atoms with van der Waals surface area (Å²) >= 11 is 3.65. The minimum atomic E-state index is 0.400. The van der Waals surface area contributed by atoms with Gasteiger partial charge in [0.05, 0.1) is 22.4 Å². The first-order valence-electron chi connectivity index (χ1n) is 7.13. The fourth-order valence-corrected chi connectivity index (χ4v) is 3.02. The van der Waals surface area contributed by atoms with E-state index in [-0.39, 0.29) is 0 Å². The highest BCUT2D eigenvalue weighted by Crippen LogP contribution is 2.32. The van der Waals surface area contributed by atoms with Crippen molar-refractivity contribution in [3.05, 3.63) is 16.4 Å². The van der Waals surface area contributed by atoms with Crippen LogP contribution in [-0.2, 0) is 6.54 Å². The van der Waals surface area contributed by atoms with E-state index in [1.807, 2.05) is 6.20 Å². The van der Waals surface area contributed by atoms with E-state index in [2.05, 4.69) is 58.7 Å². The van der Waals surface area contributed by atoms with Crippen LogP contribution in [0.5, 0.6) is 0 Å². The van der Waals surface area contributed by atoms with Gasteiger partial charge >= 0.3 is 0 Å². The van der Waals surface area contributed by atoms with E-state index < -0.39 is 0 Å². The fourth-order valence-electron chi connectivity index (χ4n) is 2.48. The summed E-state index contributed by atoms with van der Waals surface area (Å²) in [6.45, 7) is 10.9. The van der Waals surface area contributed by atoms with Crippen LogP contribution in [0.25, 0.3) is 0 Å². The second-order valence-corrected chi connectivity index (χ2v) is 5.56. The van der Waals surface area contributed by atoms with E-state index in [9.17, 15) is 0 Å². The Morgan fingerprint density at radius 1 is 1.28 bits per heavy atom. The van der Waals surface area contributed by atoms with Crippen LogP contribution in [0.4, 0.5) is 0 Å². The van der Waals surface area contributed by atoms with E-state index in [1.54, 1.807) is 0 Å². The molecule has 0 aliphatic carbocycles. The molecule has 0 aliphatic heterocycles. The molecule has 104 valence electrons. The van der Waals surface area contributed by atoms with Crippen molar-refractivity contribution in [2.75, 3.05) is 6.54 Å². The molecule has 0 saturated carbocycles. The lowest BCUT2D eigenvalue weighted by atomic mass is 9.91. The van der Waals surface area contributed by atoms with Crippen LogP contribution in [-0.4, -0.2) is 16.3 Å². The Balaban J connectivity index is 3.03. The first-order chi connectivity index (χ1) is 8.69. The number of hydrogen-bond acceptors (Lipinski definition) is 2. The minimum Gasteiger partial charge on any atom is -0.308 e. The Hall–Kier alpha value is -0.350. The molecule has 4 heteroatoms. The molecule has 0 saturated heterocycles. The SMILES string of the molecule is CCCNC(c1c(Br)cnn1CC)C(CC)CC. The lowest BCUT2D eigenvalue weighted by molar-refractivity contribution is 0.322. The van der Waals surface area contributed by atoms with Gasteiger partial charge in [0.15, 0.2) is 0 Å². The number of rotatable bonds is 8. The molecule has 0 bridgehead atoms. The maximum Gasteiger partial charge on any atom is 0.0698 e. The predicted octanol–water partition coefficient (Wildman–Crippen LogP) is 4.14. The highest BCUT2D eigenvalue weighted by Gasteiger charge is 2.25. The summed E-state index contributed by atoms with van der Waals surface area (Å²) in [5, 5.41) is 8.14. The third-order valence-corrected chi connectivity index (χ3v) is 4.17. The van der Waals surface area contributed by atoms with Gasteiger partial charge in [0.25, 0.3) is 0 Å². The van der Waals surface area contributed by atoms with Gasteiger partial charge in [-0.05, 0) is 41.7 Å². The molecule has 0 fully saturated rings. The minimum absolute atomic E-state index is 0.400. The highest BCUT2D eigenvalue weighted by atomic mass is 79.9. The molecule has 0 radical (unpaired) electrons. The summed E-state index contributed by atoms with van der Waals surface area (Å²) in [5.41, 5.74) is 1.31. The Kier molecular flexibility index (Phi) is 6.94. The molecular formula is C14H26BrN3. The number of nitrogens with zero attached hydrogens (tertiary/aromatic N) is 2. The fraction of sp³-hybridized carbons (Fsp3) is 0.786. The first-order valence-corrected chi connectivity index (χ1v) is 7.93. The Morgan fingerprint density at radius 3 is 2.44 bits per heavy atom. The van der Waals surface area contributed by atoms with Gasteiger partial charge < -0.3 is 5.32 Å². The van der Waals surface area contributed by atoms with Crippen LogP contribution in [0, 0.1) is 5.92 Å².